The zero-order valence-electron chi connectivity index (χ0n) is 7.85. The Labute approximate surface area is 70.0 Å². The van der Waals surface area contributed by atoms with Gasteiger partial charge in [0, 0.05) is 0 Å². The number of allylic oxidation sites excluding steroid dienone is 4. The van der Waals surface area contributed by atoms with Gasteiger partial charge in [-0.2, -0.15) is 0 Å². The number of hydrogen-bond donors (Lipinski definition) is 0. The molecule has 0 nitrogen and oxygen atoms in total. The second-order valence-corrected chi connectivity index (χ2v) is 3.36. The van der Waals surface area contributed by atoms with Crippen molar-refractivity contribution in [2.45, 2.75) is 40.0 Å². The van der Waals surface area contributed by atoms with Gasteiger partial charge in [0.05, 0.1) is 0 Å². The molecule has 0 aromatic heterocycles. The molecule has 1 atom stereocenters. The molecular weight excluding hydrogens is 132 g/mol. The Morgan fingerprint density at radius 3 is 2.73 bits per heavy atom. The molecular formula is C11H18. The largest absolute Gasteiger partial charge is 0.0810 e. The number of hydrogen-bond acceptors (Lipinski definition) is 0. The second-order valence-electron chi connectivity index (χ2n) is 3.36. The van der Waals surface area contributed by atoms with E-state index in [0.717, 1.165) is 5.92 Å². The lowest BCUT2D eigenvalue weighted by Crippen LogP contribution is -2.05. The first-order chi connectivity index (χ1) is 5.27. The van der Waals surface area contributed by atoms with Gasteiger partial charge in [-0.15, -0.1) is 0 Å². The predicted molar refractivity (Wildman–Crippen MR) is 50.5 cm³/mol. The van der Waals surface area contributed by atoms with Gasteiger partial charge >= 0.3 is 0 Å². The SMILES string of the molecule is CCC1=CC(C)=CCC1CC. The Morgan fingerprint density at radius 1 is 1.45 bits per heavy atom. The monoisotopic (exact) mass is 150 g/mol. The van der Waals surface area contributed by atoms with Crippen LogP contribution >= 0.6 is 0 Å². The minimum atomic E-state index is 0.837. The van der Waals surface area contributed by atoms with Gasteiger partial charge in [0.25, 0.3) is 0 Å². The molecule has 0 heteroatoms. The highest BCUT2D eigenvalue weighted by Crippen LogP contribution is 2.28. The summed E-state index contributed by atoms with van der Waals surface area (Å²) in [6.45, 7) is 6.73. The normalized spacial score (nSPS) is 24.5. The maximum absolute atomic E-state index is 2.36. The van der Waals surface area contributed by atoms with Crippen molar-refractivity contribution in [2.75, 3.05) is 0 Å². The molecule has 0 saturated heterocycles. The lowest BCUT2D eigenvalue weighted by Gasteiger charge is -2.20. The van der Waals surface area contributed by atoms with Gasteiger partial charge in [-0.1, -0.05) is 37.1 Å². The van der Waals surface area contributed by atoms with E-state index in [4.69, 9.17) is 0 Å². The van der Waals surface area contributed by atoms with Crippen LogP contribution in [0.3, 0.4) is 0 Å². The Hall–Kier alpha value is -0.520. The maximum atomic E-state index is 2.36. The molecule has 0 amide bonds. The van der Waals surface area contributed by atoms with Gasteiger partial charge in [0.15, 0.2) is 0 Å². The quantitative estimate of drug-likeness (QED) is 0.563. The Bertz CT molecular complexity index is 184. The van der Waals surface area contributed by atoms with E-state index in [1.807, 2.05) is 0 Å². The third kappa shape index (κ3) is 1.95. The van der Waals surface area contributed by atoms with Gasteiger partial charge in [-0.05, 0) is 32.1 Å². The zero-order valence-corrected chi connectivity index (χ0v) is 7.85. The van der Waals surface area contributed by atoms with Gasteiger partial charge < -0.3 is 0 Å². The molecule has 1 aliphatic carbocycles. The van der Waals surface area contributed by atoms with Crippen molar-refractivity contribution in [2.24, 2.45) is 5.92 Å². The average Bonchev–Trinajstić information content (AvgIpc) is 2.04. The molecule has 0 bridgehead atoms. The summed E-state index contributed by atoms with van der Waals surface area (Å²) >= 11 is 0. The summed E-state index contributed by atoms with van der Waals surface area (Å²) in [5, 5.41) is 0. The molecule has 0 aromatic rings. The third-order valence-electron chi connectivity index (χ3n) is 2.56. The average molecular weight is 150 g/mol. The van der Waals surface area contributed by atoms with Crippen molar-refractivity contribution in [3.05, 3.63) is 23.3 Å². The zero-order chi connectivity index (χ0) is 8.27. The summed E-state index contributed by atoms with van der Waals surface area (Å²) in [6.07, 6.45) is 8.50. The van der Waals surface area contributed by atoms with E-state index in [-0.39, 0.29) is 0 Å². The van der Waals surface area contributed by atoms with Crippen molar-refractivity contribution in [3.63, 3.8) is 0 Å². The molecule has 0 aromatic carbocycles. The van der Waals surface area contributed by atoms with Crippen molar-refractivity contribution in [1.82, 2.24) is 0 Å². The molecule has 1 rings (SSSR count). The fraction of sp³-hybridized carbons (Fsp3) is 0.636. The van der Waals surface area contributed by atoms with E-state index in [0.29, 0.717) is 0 Å². The van der Waals surface area contributed by atoms with Crippen LogP contribution in [0, 0.1) is 5.92 Å². The predicted octanol–water partition coefficient (Wildman–Crippen LogP) is 3.70. The van der Waals surface area contributed by atoms with Crippen molar-refractivity contribution in [3.8, 4) is 0 Å². The molecule has 0 heterocycles. The van der Waals surface area contributed by atoms with Crippen LogP contribution in [0.1, 0.15) is 40.0 Å². The molecule has 0 radical (unpaired) electrons. The summed E-state index contributed by atoms with van der Waals surface area (Å²) in [6, 6.07) is 0. The summed E-state index contributed by atoms with van der Waals surface area (Å²) in [4.78, 5) is 0. The lowest BCUT2D eigenvalue weighted by atomic mass is 9.86. The molecule has 0 saturated carbocycles. The minimum Gasteiger partial charge on any atom is -0.0810 e. The molecule has 62 valence electrons. The maximum Gasteiger partial charge on any atom is -0.0168 e. The van der Waals surface area contributed by atoms with Gasteiger partial charge in [-0.3, -0.25) is 0 Å². The van der Waals surface area contributed by atoms with Gasteiger partial charge in [0.1, 0.15) is 0 Å². The molecule has 0 spiro atoms. The smallest absolute Gasteiger partial charge is 0.0168 e. The Balaban J connectivity index is 2.71. The van der Waals surface area contributed by atoms with Gasteiger partial charge in [0.2, 0.25) is 0 Å². The topological polar surface area (TPSA) is 0 Å². The van der Waals surface area contributed by atoms with E-state index < -0.39 is 0 Å². The summed E-state index contributed by atoms with van der Waals surface area (Å²) in [7, 11) is 0. The van der Waals surface area contributed by atoms with E-state index in [1.54, 1.807) is 5.57 Å². The van der Waals surface area contributed by atoms with Crippen LogP contribution in [0.25, 0.3) is 0 Å². The van der Waals surface area contributed by atoms with E-state index in [2.05, 4.69) is 32.9 Å². The molecule has 11 heavy (non-hydrogen) atoms. The fourth-order valence-electron chi connectivity index (χ4n) is 1.77. The van der Waals surface area contributed by atoms with Crippen LogP contribution in [-0.2, 0) is 0 Å². The summed E-state index contributed by atoms with van der Waals surface area (Å²) in [5.41, 5.74) is 3.10. The third-order valence-corrected chi connectivity index (χ3v) is 2.56. The molecule has 0 aliphatic heterocycles. The highest BCUT2D eigenvalue weighted by molar-refractivity contribution is 5.27. The van der Waals surface area contributed by atoms with Crippen LogP contribution in [0.2, 0.25) is 0 Å². The van der Waals surface area contributed by atoms with Crippen LogP contribution in [0.15, 0.2) is 23.3 Å². The fourth-order valence-corrected chi connectivity index (χ4v) is 1.77. The number of rotatable bonds is 2. The lowest BCUT2D eigenvalue weighted by molar-refractivity contribution is 0.574. The molecule has 0 N–H and O–H groups in total. The Kier molecular flexibility index (Phi) is 2.92. The van der Waals surface area contributed by atoms with Gasteiger partial charge in [-0.25, -0.2) is 0 Å². The van der Waals surface area contributed by atoms with E-state index >= 15 is 0 Å². The molecule has 1 unspecified atom stereocenters. The second kappa shape index (κ2) is 3.75. The van der Waals surface area contributed by atoms with Crippen LogP contribution in [-0.4, -0.2) is 0 Å². The summed E-state index contributed by atoms with van der Waals surface area (Å²) in [5.74, 6) is 0.837. The minimum absolute atomic E-state index is 0.837. The summed E-state index contributed by atoms with van der Waals surface area (Å²) < 4.78 is 0. The van der Waals surface area contributed by atoms with Crippen LogP contribution < -0.4 is 0 Å². The van der Waals surface area contributed by atoms with E-state index in [1.165, 1.54) is 24.8 Å². The molecule has 1 aliphatic rings. The first-order valence-electron chi connectivity index (χ1n) is 4.65. The van der Waals surface area contributed by atoms with E-state index in [9.17, 15) is 0 Å². The first-order valence-corrected chi connectivity index (χ1v) is 4.65. The first kappa shape index (κ1) is 8.58. The highest BCUT2D eigenvalue weighted by Gasteiger charge is 2.12. The van der Waals surface area contributed by atoms with Crippen molar-refractivity contribution in [1.29, 1.82) is 0 Å². The van der Waals surface area contributed by atoms with Crippen LogP contribution in [0.5, 0.6) is 0 Å². The van der Waals surface area contributed by atoms with Crippen LogP contribution in [0.4, 0.5) is 0 Å². The van der Waals surface area contributed by atoms with Crippen molar-refractivity contribution >= 4 is 0 Å². The highest BCUT2D eigenvalue weighted by atomic mass is 14.2. The van der Waals surface area contributed by atoms with Crippen molar-refractivity contribution < 1.29 is 0 Å². The molecule has 0 fully saturated rings. The standard InChI is InChI=1S/C11H18/c1-4-10-7-6-9(3)8-11(10)5-2/h6,8,10H,4-5,7H2,1-3H3. The Morgan fingerprint density at radius 2 is 2.18 bits per heavy atom.